The summed E-state index contributed by atoms with van der Waals surface area (Å²) in [4.78, 5) is 23.1. The maximum absolute atomic E-state index is 12.9. The van der Waals surface area contributed by atoms with Gasteiger partial charge in [0.1, 0.15) is 13.2 Å². The molecule has 0 aromatic carbocycles. The van der Waals surface area contributed by atoms with E-state index in [1.165, 1.54) is 173 Å². The molecule has 0 saturated heterocycles. The van der Waals surface area contributed by atoms with Crippen molar-refractivity contribution in [1.29, 1.82) is 0 Å². The van der Waals surface area contributed by atoms with Gasteiger partial charge in [-0.3, -0.25) is 13.8 Å². The molecule has 0 bridgehead atoms. The molecule has 0 saturated carbocycles. The van der Waals surface area contributed by atoms with Gasteiger partial charge in [0.2, 0.25) is 5.91 Å². The van der Waals surface area contributed by atoms with E-state index in [-0.39, 0.29) is 19.1 Å². The molecular weight excluding hydrogens is 864 g/mol. The molecule has 0 spiro atoms. The van der Waals surface area contributed by atoms with Crippen LogP contribution in [0.4, 0.5) is 0 Å². The summed E-state index contributed by atoms with van der Waals surface area (Å²) >= 11 is 0. The van der Waals surface area contributed by atoms with Gasteiger partial charge in [0, 0.05) is 6.42 Å². The van der Waals surface area contributed by atoms with E-state index in [4.69, 9.17) is 9.05 Å². The molecule has 0 aromatic rings. The molecule has 1 amide bonds. The number of aliphatic hydroxyl groups is 1. The monoisotopic (exact) mass is 976 g/mol. The number of carbonyl (C=O) groups excluding carboxylic acids is 1. The lowest BCUT2D eigenvalue weighted by molar-refractivity contribution is -0.870. The number of hydrogen-bond acceptors (Lipinski definition) is 5. The Morgan fingerprint density at radius 3 is 1.29 bits per heavy atom. The molecule has 0 aliphatic rings. The Kier molecular flexibility index (Phi) is 48.8. The molecule has 0 aliphatic heterocycles. The van der Waals surface area contributed by atoms with E-state index in [0.29, 0.717) is 17.4 Å². The van der Waals surface area contributed by atoms with Crippen LogP contribution in [0.5, 0.6) is 0 Å². The third-order valence-electron chi connectivity index (χ3n) is 12.7. The van der Waals surface area contributed by atoms with Gasteiger partial charge in [0.15, 0.2) is 0 Å². The smallest absolute Gasteiger partial charge is 0.387 e. The third kappa shape index (κ3) is 52.0. The molecule has 3 N–H and O–H groups in total. The number of nitrogens with zero attached hydrogens (tertiary/aromatic N) is 1. The van der Waals surface area contributed by atoms with E-state index in [0.717, 1.165) is 64.2 Å². The first-order valence-corrected chi connectivity index (χ1v) is 30.2. The zero-order valence-electron chi connectivity index (χ0n) is 45.3. The minimum atomic E-state index is -4.33. The van der Waals surface area contributed by atoms with Crippen LogP contribution in [0.2, 0.25) is 0 Å². The first kappa shape index (κ1) is 66.2. The van der Waals surface area contributed by atoms with Gasteiger partial charge in [-0.05, 0) is 57.8 Å². The summed E-state index contributed by atoms with van der Waals surface area (Å²) in [5.74, 6) is -0.178. The van der Waals surface area contributed by atoms with E-state index in [2.05, 4.69) is 67.8 Å². The van der Waals surface area contributed by atoms with Gasteiger partial charge in [0.25, 0.3) is 0 Å². The summed E-state index contributed by atoms with van der Waals surface area (Å²) in [7, 11) is 1.57. The van der Waals surface area contributed by atoms with Gasteiger partial charge >= 0.3 is 7.82 Å². The Balaban J connectivity index is 3.75. The standard InChI is InChI=1S/C59H111N2O6P/c1-6-8-10-12-14-15-16-17-18-19-20-21-22-23-24-25-26-27-28-29-30-31-32-33-34-35-36-37-38-39-40-41-42-43-44-45-47-49-51-53-59(63)60-57(58(62)52-50-48-46-13-11-9-7-2)56-67-68(64,65)66-55-54-61(3,4)5/h8,10,14-15,17-18,20-21,50,52,57-58,62H,6-7,9,11-13,16,19,22-49,51,53-56H2,1-5H3,(H-,60,63,64,65)/p+1/b10-8-,15-14-,18-17-,21-20-,52-50+. The highest BCUT2D eigenvalue weighted by Crippen LogP contribution is 2.43. The van der Waals surface area contributed by atoms with E-state index in [1.807, 2.05) is 27.2 Å². The Hall–Kier alpha value is -1.80. The summed E-state index contributed by atoms with van der Waals surface area (Å²) in [5, 5.41) is 13.7. The van der Waals surface area contributed by atoms with E-state index in [1.54, 1.807) is 6.08 Å². The van der Waals surface area contributed by atoms with Crippen LogP contribution in [-0.4, -0.2) is 73.4 Å². The lowest BCUT2D eigenvalue weighted by Gasteiger charge is -2.25. The number of amides is 1. The molecule has 0 aromatic heterocycles. The van der Waals surface area contributed by atoms with Crippen LogP contribution in [0.3, 0.4) is 0 Å². The number of phosphoric acid groups is 1. The molecule has 398 valence electrons. The van der Waals surface area contributed by atoms with Crippen LogP contribution in [0.25, 0.3) is 0 Å². The second-order valence-electron chi connectivity index (χ2n) is 20.6. The van der Waals surface area contributed by atoms with Gasteiger partial charge in [0.05, 0.1) is 39.9 Å². The molecule has 68 heavy (non-hydrogen) atoms. The number of carbonyl (C=O) groups is 1. The minimum absolute atomic E-state index is 0.0618. The summed E-state index contributed by atoms with van der Waals surface area (Å²) in [6.45, 7) is 4.65. The summed E-state index contributed by atoms with van der Waals surface area (Å²) in [6.07, 6.45) is 68.1. The normalized spacial score (nSPS) is 14.4. The van der Waals surface area contributed by atoms with Crippen molar-refractivity contribution in [3.63, 3.8) is 0 Å². The molecular formula is C59H112N2O6P+. The van der Waals surface area contributed by atoms with Crippen LogP contribution in [0.1, 0.15) is 258 Å². The fraction of sp³-hybridized carbons (Fsp3) is 0.814. The molecule has 0 aliphatic carbocycles. The predicted octanol–water partition coefficient (Wildman–Crippen LogP) is 17.3. The van der Waals surface area contributed by atoms with E-state index >= 15 is 0 Å². The Morgan fingerprint density at radius 1 is 0.515 bits per heavy atom. The highest BCUT2D eigenvalue weighted by molar-refractivity contribution is 7.47. The van der Waals surface area contributed by atoms with Gasteiger partial charge in [-0.15, -0.1) is 0 Å². The van der Waals surface area contributed by atoms with Gasteiger partial charge < -0.3 is 19.8 Å². The average molecular weight is 977 g/mol. The number of allylic oxidation sites excluding steroid dienone is 9. The van der Waals surface area contributed by atoms with Crippen molar-refractivity contribution in [3.8, 4) is 0 Å². The topological polar surface area (TPSA) is 105 Å². The Bertz CT molecular complexity index is 1290. The SMILES string of the molecule is CC/C=C\C/C=C\C/C=C\C/C=C\CCCCCCCCCCCCCCCCCCCCCCCCCCCCC(=O)NC(COP(=O)(O)OCC[N+](C)(C)C)C(O)/C=C/CCCCCCC. The van der Waals surface area contributed by atoms with Crippen LogP contribution in [-0.2, 0) is 18.4 Å². The van der Waals surface area contributed by atoms with E-state index in [9.17, 15) is 19.4 Å². The van der Waals surface area contributed by atoms with Crippen LogP contribution < -0.4 is 5.32 Å². The minimum Gasteiger partial charge on any atom is -0.387 e. The maximum Gasteiger partial charge on any atom is 0.472 e. The number of nitrogens with one attached hydrogen (secondary N) is 1. The van der Waals surface area contributed by atoms with Crippen LogP contribution >= 0.6 is 7.82 Å². The molecule has 8 nitrogen and oxygen atoms in total. The third-order valence-corrected chi connectivity index (χ3v) is 13.7. The molecule has 0 radical (unpaired) electrons. The highest BCUT2D eigenvalue weighted by atomic mass is 31.2. The summed E-state index contributed by atoms with van der Waals surface area (Å²) in [6, 6.07) is -0.842. The molecule has 3 atom stereocenters. The lowest BCUT2D eigenvalue weighted by Crippen LogP contribution is -2.45. The number of aliphatic hydroxyl groups excluding tert-OH is 1. The summed E-state index contributed by atoms with van der Waals surface area (Å²) in [5.41, 5.74) is 0. The number of rotatable bonds is 52. The van der Waals surface area contributed by atoms with Gasteiger partial charge in [-0.1, -0.05) is 254 Å². The quantitative estimate of drug-likeness (QED) is 0.0243. The number of unbranched alkanes of at least 4 members (excludes halogenated alkanes) is 31. The Morgan fingerprint density at radius 2 is 0.882 bits per heavy atom. The highest BCUT2D eigenvalue weighted by Gasteiger charge is 2.27. The average Bonchev–Trinajstić information content (AvgIpc) is 3.30. The molecule has 3 unspecified atom stereocenters. The van der Waals surface area contributed by atoms with Crippen molar-refractivity contribution in [2.75, 3.05) is 40.9 Å². The van der Waals surface area contributed by atoms with Crippen LogP contribution in [0.15, 0.2) is 60.8 Å². The summed E-state index contributed by atoms with van der Waals surface area (Å²) < 4.78 is 23.5. The maximum atomic E-state index is 12.9. The van der Waals surface area contributed by atoms with Crippen molar-refractivity contribution in [1.82, 2.24) is 5.32 Å². The number of phosphoric ester groups is 1. The predicted molar refractivity (Wildman–Crippen MR) is 295 cm³/mol. The first-order valence-electron chi connectivity index (χ1n) is 28.7. The molecule has 0 rings (SSSR count). The van der Waals surface area contributed by atoms with E-state index < -0.39 is 20.0 Å². The second-order valence-corrected chi connectivity index (χ2v) is 22.1. The zero-order valence-corrected chi connectivity index (χ0v) is 46.2. The van der Waals surface area contributed by atoms with Gasteiger partial charge in [-0.2, -0.15) is 0 Å². The van der Waals surface area contributed by atoms with Crippen molar-refractivity contribution in [2.24, 2.45) is 0 Å². The van der Waals surface area contributed by atoms with Crippen molar-refractivity contribution >= 4 is 13.7 Å². The fourth-order valence-electron chi connectivity index (χ4n) is 8.27. The zero-order chi connectivity index (χ0) is 49.9. The number of likely N-dealkylation sites (N-methyl/N-ethyl adjacent to an activating group) is 1. The van der Waals surface area contributed by atoms with Gasteiger partial charge in [-0.25, -0.2) is 4.57 Å². The Labute approximate surface area is 422 Å². The van der Waals surface area contributed by atoms with Crippen molar-refractivity contribution in [2.45, 2.75) is 270 Å². The molecule has 9 heteroatoms. The van der Waals surface area contributed by atoms with Crippen LogP contribution in [0, 0.1) is 0 Å². The first-order chi connectivity index (χ1) is 33.0. The largest absolute Gasteiger partial charge is 0.472 e. The van der Waals surface area contributed by atoms with Crippen molar-refractivity contribution < 1.29 is 32.9 Å². The number of hydrogen-bond donors (Lipinski definition) is 3. The fourth-order valence-corrected chi connectivity index (χ4v) is 9.01. The second kappa shape index (κ2) is 50.2. The lowest BCUT2D eigenvalue weighted by atomic mass is 10.0. The molecule has 0 fully saturated rings. The number of quaternary nitrogens is 1. The molecule has 0 heterocycles. The van der Waals surface area contributed by atoms with Crippen molar-refractivity contribution in [3.05, 3.63) is 60.8 Å².